The Balaban J connectivity index is 1.02. The number of nitrogens with zero attached hydrogens (tertiary/aromatic N) is 5. The summed E-state index contributed by atoms with van der Waals surface area (Å²) in [5.41, 5.74) is 4.08. The molecule has 0 spiro atoms. The zero-order valence-electron chi connectivity index (χ0n) is 21.2. The van der Waals surface area contributed by atoms with Crippen LogP contribution in [0.4, 0.5) is 5.82 Å². The molecule has 0 atom stereocenters. The van der Waals surface area contributed by atoms with Crippen LogP contribution in [0.15, 0.2) is 51.9 Å². The van der Waals surface area contributed by atoms with Crippen LogP contribution in [0.2, 0.25) is 0 Å². The summed E-state index contributed by atoms with van der Waals surface area (Å²) in [6.07, 6.45) is 6.56. The Hall–Kier alpha value is -2.49. The number of aromatic nitrogens is 3. The average Bonchev–Trinajstić information content (AvgIpc) is 3.25. The molecular weight excluding hydrogens is 500 g/mol. The van der Waals surface area contributed by atoms with Crippen LogP contribution in [0.5, 0.6) is 0 Å². The first-order valence-corrected chi connectivity index (χ1v) is 15.4. The molecule has 37 heavy (non-hydrogen) atoms. The molecule has 0 unspecified atom stereocenters. The standard InChI is InChI=1S/C28H34N6OS2/c29-34-27(35)22-19-21-8-2-1-5-17-36-26(21)25(22)31-28(34)37-18-6-12-32-13-15-33(16-14-32)24-11-10-20-7-3-4-9-23(20)30-24/h3-4,7,9-11H,1-2,5-6,8,12-19,29H2. The number of nitrogens with two attached hydrogens (primary N) is 1. The van der Waals surface area contributed by atoms with E-state index >= 15 is 0 Å². The minimum absolute atomic E-state index is 0.0710. The van der Waals surface area contributed by atoms with Crippen LogP contribution in [-0.2, 0) is 6.42 Å². The lowest BCUT2D eigenvalue weighted by atomic mass is 10.1. The Morgan fingerprint density at radius 2 is 1.86 bits per heavy atom. The van der Waals surface area contributed by atoms with Crippen LogP contribution in [0.1, 0.15) is 43.4 Å². The normalized spacial score (nSPS) is 18.5. The number of benzene rings is 1. The molecule has 7 nitrogen and oxygen atoms in total. The quantitative estimate of drug-likeness (QED) is 0.216. The van der Waals surface area contributed by atoms with Crippen LogP contribution in [-0.4, -0.2) is 63.8 Å². The number of fused-ring (bicyclic) bond motifs is 3. The molecule has 1 fully saturated rings. The topological polar surface area (TPSA) is 80.3 Å². The van der Waals surface area contributed by atoms with E-state index in [-0.39, 0.29) is 5.56 Å². The number of hydrogen-bond acceptors (Lipinski definition) is 8. The minimum atomic E-state index is -0.0710. The number of anilines is 1. The summed E-state index contributed by atoms with van der Waals surface area (Å²) in [4.78, 5) is 29.0. The average molecular weight is 535 g/mol. The van der Waals surface area contributed by atoms with Gasteiger partial charge in [0.2, 0.25) is 0 Å². The highest BCUT2D eigenvalue weighted by atomic mass is 32.2. The van der Waals surface area contributed by atoms with Gasteiger partial charge in [-0.3, -0.25) is 9.69 Å². The van der Waals surface area contributed by atoms with E-state index in [4.69, 9.17) is 15.8 Å². The van der Waals surface area contributed by atoms with Crippen molar-refractivity contribution >= 4 is 45.1 Å². The number of nitrogen functional groups attached to an aromatic ring is 1. The zero-order valence-corrected chi connectivity index (χ0v) is 22.8. The van der Waals surface area contributed by atoms with Crippen LogP contribution >= 0.6 is 23.5 Å². The van der Waals surface area contributed by atoms with Gasteiger partial charge in [0.05, 0.1) is 16.8 Å². The third kappa shape index (κ3) is 5.26. The minimum Gasteiger partial charge on any atom is -0.354 e. The second kappa shape index (κ2) is 11.1. The Kier molecular flexibility index (Phi) is 7.44. The monoisotopic (exact) mass is 534 g/mol. The first-order valence-electron chi connectivity index (χ1n) is 13.4. The summed E-state index contributed by atoms with van der Waals surface area (Å²) in [7, 11) is 0. The van der Waals surface area contributed by atoms with Gasteiger partial charge in [0.1, 0.15) is 5.82 Å². The van der Waals surface area contributed by atoms with Crippen molar-refractivity contribution in [3.05, 3.63) is 63.6 Å². The van der Waals surface area contributed by atoms with Crippen molar-refractivity contribution in [3.8, 4) is 0 Å². The van der Waals surface area contributed by atoms with E-state index in [1.165, 1.54) is 39.8 Å². The third-order valence-corrected chi connectivity index (χ3v) is 9.90. The van der Waals surface area contributed by atoms with Gasteiger partial charge in [0.15, 0.2) is 5.16 Å². The van der Waals surface area contributed by atoms with E-state index in [0.717, 1.165) is 86.1 Å². The van der Waals surface area contributed by atoms with Gasteiger partial charge in [-0.1, -0.05) is 36.4 Å². The number of para-hydroxylation sites is 1. The maximum Gasteiger partial charge on any atom is 0.276 e. The second-order valence-electron chi connectivity index (χ2n) is 10.1. The number of rotatable bonds is 6. The lowest BCUT2D eigenvalue weighted by Crippen LogP contribution is -2.47. The molecule has 4 heterocycles. The number of thioether (sulfide) groups is 2. The highest BCUT2D eigenvalue weighted by Crippen LogP contribution is 2.42. The van der Waals surface area contributed by atoms with Crippen LogP contribution < -0.4 is 16.3 Å². The molecule has 0 saturated carbocycles. The molecule has 0 amide bonds. The number of pyridine rings is 1. The highest BCUT2D eigenvalue weighted by Gasteiger charge is 2.28. The fourth-order valence-corrected chi connectivity index (χ4v) is 7.58. The lowest BCUT2D eigenvalue weighted by molar-refractivity contribution is 0.258. The largest absolute Gasteiger partial charge is 0.354 e. The SMILES string of the molecule is Nn1c(SCCCN2CCN(c3ccc4ccccc4n3)CC2)nc2c(c1=O)CC1=C2SCCCCC1. The molecule has 9 heteroatoms. The number of hydrogen-bond donors (Lipinski definition) is 1. The molecule has 2 N–H and O–H groups in total. The van der Waals surface area contributed by atoms with E-state index in [0.29, 0.717) is 5.16 Å². The summed E-state index contributed by atoms with van der Waals surface area (Å²) in [6, 6.07) is 12.6. The first-order chi connectivity index (χ1) is 18.2. The third-order valence-electron chi connectivity index (χ3n) is 7.60. The van der Waals surface area contributed by atoms with E-state index in [2.05, 4.69) is 40.1 Å². The Labute approximate surface area is 226 Å². The van der Waals surface area contributed by atoms with Crippen molar-refractivity contribution in [2.24, 2.45) is 0 Å². The van der Waals surface area contributed by atoms with Gasteiger partial charge in [-0.2, -0.15) is 0 Å². The molecule has 6 rings (SSSR count). The molecule has 3 aromatic rings. The Bertz CT molecular complexity index is 1380. The summed E-state index contributed by atoms with van der Waals surface area (Å²) in [6.45, 7) is 5.08. The zero-order chi connectivity index (χ0) is 25.2. The van der Waals surface area contributed by atoms with Gasteiger partial charge >= 0.3 is 0 Å². The van der Waals surface area contributed by atoms with Crippen LogP contribution in [0, 0.1) is 0 Å². The number of allylic oxidation sites excluding steroid dienone is 1. The molecule has 2 aliphatic heterocycles. The molecule has 1 saturated heterocycles. The van der Waals surface area contributed by atoms with Crippen LogP contribution in [0.3, 0.4) is 0 Å². The fraction of sp³-hybridized carbons (Fsp3) is 0.464. The summed E-state index contributed by atoms with van der Waals surface area (Å²) in [5.74, 6) is 9.28. The Morgan fingerprint density at radius 1 is 1.00 bits per heavy atom. The second-order valence-corrected chi connectivity index (χ2v) is 12.2. The molecule has 1 aliphatic carbocycles. The molecule has 2 aromatic heterocycles. The van der Waals surface area contributed by atoms with Gasteiger partial charge in [-0.15, -0.1) is 11.8 Å². The first kappa shape index (κ1) is 24.8. The van der Waals surface area contributed by atoms with Crippen molar-refractivity contribution < 1.29 is 0 Å². The van der Waals surface area contributed by atoms with Crippen molar-refractivity contribution in [1.29, 1.82) is 0 Å². The highest BCUT2D eigenvalue weighted by molar-refractivity contribution is 8.08. The van der Waals surface area contributed by atoms with Crippen LogP contribution in [0.25, 0.3) is 15.8 Å². The van der Waals surface area contributed by atoms with Gasteiger partial charge in [-0.05, 0) is 61.8 Å². The fourth-order valence-electron chi connectivity index (χ4n) is 5.51. The predicted molar refractivity (Wildman–Crippen MR) is 156 cm³/mol. The van der Waals surface area contributed by atoms with Gasteiger partial charge in [0, 0.05) is 48.6 Å². The molecule has 194 valence electrons. The van der Waals surface area contributed by atoms with Crippen molar-refractivity contribution in [1.82, 2.24) is 19.5 Å². The van der Waals surface area contributed by atoms with Crippen molar-refractivity contribution in [2.75, 3.05) is 55.0 Å². The number of piperazine rings is 1. The Morgan fingerprint density at radius 3 is 2.76 bits per heavy atom. The van der Waals surface area contributed by atoms with Gasteiger partial charge in [-0.25, -0.2) is 14.6 Å². The van der Waals surface area contributed by atoms with E-state index < -0.39 is 0 Å². The molecule has 0 bridgehead atoms. The maximum absolute atomic E-state index is 13.0. The maximum atomic E-state index is 13.0. The van der Waals surface area contributed by atoms with Crippen molar-refractivity contribution in [3.63, 3.8) is 0 Å². The summed E-state index contributed by atoms with van der Waals surface area (Å²) >= 11 is 3.49. The smallest absolute Gasteiger partial charge is 0.276 e. The van der Waals surface area contributed by atoms with E-state index in [1.54, 1.807) is 11.8 Å². The van der Waals surface area contributed by atoms with Crippen molar-refractivity contribution in [2.45, 2.75) is 43.7 Å². The molecule has 0 radical (unpaired) electrons. The van der Waals surface area contributed by atoms with Gasteiger partial charge in [0.25, 0.3) is 5.56 Å². The van der Waals surface area contributed by atoms with Gasteiger partial charge < -0.3 is 10.7 Å². The summed E-state index contributed by atoms with van der Waals surface area (Å²) in [5, 5.41) is 1.83. The molecule has 3 aliphatic rings. The van der Waals surface area contributed by atoms with E-state index in [9.17, 15) is 4.79 Å². The molecule has 1 aromatic carbocycles. The lowest BCUT2D eigenvalue weighted by Gasteiger charge is -2.35. The predicted octanol–water partition coefficient (Wildman–Crippen LogP) is 4.38. The summed E-state index contributed by atoms with van der Waals surface area (Å²) < 4.78 is 1.28. The van der Waals surface area contributed by atoms with E-state index in [1.807, 2.05) is 17.8 Å². The molecular formula is C28H34N6OS2.